The van der Waals surface area contributed by atoms with Gasteiger partial charge in [0.05, 0.1) is 6.04 Å². The van der Waals surface area contributed by atoms with Crippen molar-refractivity contribution in [2.75, 3.05) is 19.6 Å². The number of nitrogens with one attached hydrogen (secondary N) is 1. The van der Waals surface area contributed by atoms with E-state index in [4.69, 9.17) is 18.8 Å². The maximum absolute atomic E-state index is 12.7. The highest BCUT2D eigenvalue weighted by atomic mass is 28.4. The van der Waals surface area contributed by atoms with Gasteiger partial charge in [-0.1, -0.05) is 37.8 Å². The van der Waals surface area contributed by atoms with Crippen LogP contribution in [0.25, 0.3) is 11.3 Å². The third kappa shape index (κ3) is 8.25. The minimum atomic E-state index is -2.12. The molecule has 0 spiro atoms. The van der Waals surface area contributed by atoms with E-state index in [0.717, 1.165) is 11.1 Å². The minimum Gasteiger partial charge on any atom is -0.474 e. The number of rotatable bonds is 8. The number of likely N-dealkylation sites (tertiary alicyclic amines) is 1. The van der Waals surface area contributed by atoms with Crippen molar-refractivity contribution in [3.05, 3.63) is 59.8 Å². The van der Waals surface area contributed by atoms with Crippen LogP contribution in [0.4, 0.5) is 4.79 Å². The van der Waals surface area contributed by atoms with Crippen LogP contribution in [0.2, 0.25) is 18.1 Å². The average Bonchev–Trinajstić information content (AvgIpc) is 3.50. The van der Waals surface area contributed by atoms with E-state index in [1.165, 1.54) is 4.90 Å². The van der Waals surface area contributed by atoms with Crippen LogP contribution < -0.4 is 5.32 Å². The first-order valence-electron chi connectivity index (χ1n) is 16.6. The molecule has 1 saturated heterocycles. The number of nitrogens with zero attached hydrogens (tertiary/aromatic N) is 4. The molecule has 2 N–H and O–H groups in total. The molecular formula is C36H47N5O7Si. The average molecular weight is 690 g/mol. The van der Waals surface area contributed by atoms with Crippen molar-refractivity contribution < 1.29 is 33.2 Å². The lowest BCUT2D eigenvalue weighted by Crippen LogP contribution is -2.42. The lowest BCUT2D eigenvalue weighted by molar-refractivity contribution is -0.155. The Kier molecular flexibility index (Phi) is 9.87. The lowest BCUT2D eigenvalue weighted by atomic mass is 10.1. The molecule has 1 aliphatic carbocycles. The molecule has 0 radical (unpaired) electrons. The number of aromatic nitrogens is 3. The Balaban J connectivity index is 1.32. The fourth-order valence-electron chi connectivity index (χ4n) is 5.92. The van der Waals surface area contributed by atoms with Crippen molar-refractivity contribution in [3.63, 3.8) is 0 Å². The second-order valence-corrected chi connectivity index (χ2v) is 20.2. The van der Waals surface area contributed by atoms with Gasteiger partial charge in [-0.15, -0.1) is 0 Å². The first-order valence-corrected chi connectivity index (χ1v) is 19.5. The van der Waals surface area contributed by atoms with E-state index in [-0.39, 0.29) is 35.4 Å². The number of carbonyl (C=O) groups excluding carboxylic acids is 2. The van der Waals surface area contributed by atoms with E-state index in [2.05, 4.69) is 61.2 Å². The summed E-state index contributed by atoms with van der Waals surface area (Å²) >= 11 is 0. The predicted octanol–water partition coefficient (Wildman–Crippen LogP) is 5.88. The summed E-state index contributed by atoms with van der Waals surface area (Å²) in [6, 6.07) is 9.07. The summed E-state index contributed by atoms with van der Waals surface area (Å²) < 4.78 is 20.0. The molecule has 13 heteroatoms. The molecule has 2 fully saturated rings. The Bertz CT molecular complexity index is 1740. The van der Waals surface area contributed by atoms with Crippen LogP contribution in [0, 0.1) is 29.6 Å². The number of fused-ring (bicyclic) bond motifs is 1. The molecular weight excluding hydrogens is 643 g/mol. The van der Waals surface area contributed by atoms with Gasteiger partial charge < -0.3 is 33.6 Å². The van der Waals surface area contributed by atoms with Gasteiger partial charge in [0.25, 0.3) is 0 Å². The number of alkyl carbamates (subject to hydrolysis) is 1. The van der Waals surface area contributed by atoms with Crippen molar-refractivity contribution in [2.45, 2.75) is 84.3 Å². The number of carbonyl (C=O) groups is 3. The van der Waals surface area contributed by atoms with Gasteiger partial charge in [0.2, 0.25) is 0 Å². The molecule has 262 valence electrons. The van der Waals surface area contributed by atoms with E-state index < -0.39 is 37.9 Å². The largest absolute Gasteiger partial charge is 0.474 e. The summed E-state index contributed by atoms with van der Waals surface area (Å²) in [6.07, 6.45) is 2.75. The number of hydrogen-bond donors (Lipinski definition) is 2. The summed E-state index contributed by atoms with van der Waals surface area (Å²) in [4.78, 5) is 41.4. The zero-order valence-electron chi connectivity index (χ0n) is 29.7. The fraction of sp³-hybridized carbons (Fsp3) is 0.528. The van der Waals surface area contributed by atoms with E-state index >= 15 is 0 Å². The van der Waals surface area contributed by atoms with Crippen LogP contribution in [0.3, 0.4) is 0 Å². The van der Waals surface area contributed by atoms with Crippen molar-refractivity contribution in [1.82, 2.24) is 24.9 Å². The highest BCUT2D eigenvalue weighted by molar-refractivity contribution is 6.74. The van der Waals surface area contributed by atoms with Gasteiger partial charge in [-0.2, -0.15) is 0 Å². The maximum Gasteiger partial charge on any atom is 0.407 e. The van der Waals surface area contributed by atoms with E-state index in [9.17, 15) is 14.4 Å². The summed E-state index contributed by atoms with van der Waals surface area (Å²) in [5.74, 6) is 6.18. The minimum absolute atomic E-state index is 0.0162. The second kappa shape index (κ2) is 13.5. The summed E-state index contributed by atoms with van der Waals surface area (Å²) in [6.45, 7) is 19.5. The number of ether oxygens (including phenoxy) is 1. The molecule has 49 heavy (non-hydrogen) atoms. The lowest BCUT2D eigenvalue weighted by Gasteiger charge is -2.38. The van der Waals surface area contributed by atoms with Crippen molar-refractivity contribution >= 4 is 26.3 Å². The Morgan fingerprint density at radius 1 is 1.10 bits per heavy atom. The van der Waals surface area contributed by atoms with Gasteiger partial charge in [0.1, 0.15) is 23.2 Å². The SMILES string of the molecule is C[C@H](O[Si](C)(C)C(C)(C)C)c1nccn1[C@H](CNC(=O)OC(C)(C)C)c1cc(-c2ccc(C#C[C@H]3[C@H]4CN(C(=O)C(=O)O)C[C@@H]34)cc2)on1. The number of carboxylic acid groups (broad SMARTS) is 1. The third-order valence-electron chi connectivity index (χ3n) is 9.60. The maximum atomic E-state index is 12.7. The standard InChI is InChI=1S/C36H47N5O7Si/c1-22(48-49(8,9)36(5,6)7)31-37-16-17-41(31)29(19-38-34(45)46-35(2,3)4)28-18-30(47-39-28)24-13-10-23(11-14-24)12-15-25-26-20-40(21-27(25)26)32(42)33(43)44/h10-11,13-14,16-18,22,25-27,29H,19-21H2,1-9H3,(H,38,45)(H,43,44)/t22-,25-,26+,27-,29+/m0/s1. The molecule has 1 aliphatic heterocycles. The molecule has 5 atom stereocenters. The van der Waals surface area contributed by atoms with Gasteiger partial charge in [0, 0.05) is 55.1 Å². The predicted molar refractivity (Wildman–Crippen MR) is 185 cm³/mol. The zero-order chi connectivity index (χ0) is 35.9. The molecule has 2 aromatic heterocycles. The first-order chi connectivity index (χ1) is 22.8. The quantitative estimate of drug-likeness (QED) is 0.168. The van der Waals surface area contributed by atoms with Gasteiger partial charge in [-0.25, -0.2) is 14.6 Å². The smallest absolute Gasteiger partial charge is 0.407 e. The number of imidazole rings is 1. The van der Waals surface area contributed by atoms with Gasteiger partial charge in [0.15, 0.2) is 14.1 Å². The Morgan fingerprint density at radius 2 is 1.76 bits per heavy atom. The van der Waals surface area contributed by atoms with Gasteiger partial charge in [-0.05, 0) is 81.9 Å². The number of amides is 2. The van der Waals surface area contributed by atoms with E-state index in [1.807, 2.05) is 68.8 Å². The first kappa shape index (κ1) is 35.9. The number of carboxylic acids is 1. The molecule has 0 bridgehead atoms. The summed E-state index contributed by atoms with van der Waals surface area (Å²) in [5.41, 5.74) is 1.61. The van der Waals surface area contributed by atoms with Crippen LogP contribution >= 0.6 is 0 Å². The number of piperidine rings is 1. The molecule has 5 rings (SSSR count). The Hall–Kier alpha value is -4.41. The normalized spacial score (nSPS) is 20.1. The molecule has 1 aromatic carbocycles. The molecule has 12 nitrogen and oxygen atoms in total. The third-order valence-corrected chi connectivity index (χ3v) is 14.2. The topological polar surface area (TPSA) is 149 Å². The van der Waals surface area contributed by atoms with Gasteiger partial charge in [-0.3, -0.25) is 4.79 Å². The molecule has 1 saturated carbocycles. The number of hydrogen-bond acceptors (Lipinski definition) is 8. The van der Waals surface area contributed by atoms with Gasteiger partial charge >= 0.3 is 18.0 Å². The van der Waals surface area contributed by atoms with Crippen LogP contribution in [-0.4, -0.2) is 76.2 Å². The molecule has 3 aromatic rings. The zero-order valence-corrected chi connectivity index (χ0v) is 30.7. The van der Waals surface area contributed by atoms with Crippen LogP contribution in [-0.2, 0) is 18.8 Å². The number of benzene rings is 1. The highest BCUT2D eigenvalue weighted by Crippen LogP contribution is 2.51. The molecule has 3 heterocycles. The number of aliphatic carboxylic acids is 1. The summed E-state index contributed by atoms with van der Waals surface area (Å²) in [7, 11) is -2.12. The Labute approximate surface area is 288 Å². The second-order valence-electron chi connectivity index (χ2n) is 15.4. The van der Waals surface area contributed by atoms with E-state index in [0.29, 0.717) is 30.4 Å². The molecule has 2 aliphatic rings. The van der Waals surface area contributed by atoms with Crippen LogP contribution in [0.1, 0.15) is 77.7 Å². The Morgan fingerprint density at radius 3 is 2.35 bits per heavy atom. The van der Waals surface area contributed by atoms with Crippen LogP contribution in [0.5, 0.6) is 0 Å². The van der Waals surface area contributed by atoms with Crippen molar-refractivity contribution in [1.29, 1.82) is 0 Å². The van der Waals surface area contributed by atoms with Crippen LogP contribution in [0.15, 0.2) is 47.2 Å². The van der Waals surface area contributed by atoms with Crippen molar-refractivity contribution in [2.24, 2.45) is 17.8 Å². The van der Waals surface area contributed by atoms with Crippen molar-refractivity contribution in [3.8, 4) is 23.2 Å². The highest BCUT2D eigenvalue weighted by Gasteiger charge is 2.56. The summed E-state index contributed by atoms with van der Waals surface area (Å²) in [5, 5.41) is 16.3. The fourth-order valence-corrected chi connectivity index (χ4v) is 7.26. The molecule has 0 unspecified atom stereocenters. The monoisotopic (exact) mass is 689 g/mol. The molecule has 2 amide bonds. The van der Waals surface area contributed by atoms with E-state index in [1.54, 1.807) is 6.20 Å².